The molecule has 2 N–H and O–H groups in total. The summed E-state index contributed by atoms with van der Waals surface area (Å²) in [4.78, 5) is 11.0. The average molecular weight is 198 g/mol. The topological polar surface area (TPSA) is 85.3 Å². The first kappa shape index (κ1) is 12.3. The summed E-state index contributed by atoms with van der Waals surface area (Å²) >= 11 is 0. The summed E-state index contributed by atoms with van der Waals surface area (Å²) in [6.07, 6.45) is 1.77. The lowest BCUT2D eigenvalue weighted by Gasteiger charge is -2.06. The summed E-state index contributed by atoms with van der Waals surface area (Å²) in [5, 5.41) is 8.59. The van der Waals surface area contributed by atoms with Gasteiger partial charge in [-0.1, -0.05) is 13.3 Å². The molecule has 0 unspecified atom stereocenters. The number of hydrogen-bond donors (Lipinski definition) is 1. The molecule has 5 heteroatoms. The van der Waals surface area contributed by atoms with E-state index in [1.54, 1.807) is 6.07 Å². The van der Waals surface area contributed by atoms with E-state index in [0.717, 1.165) is 12.8 Å². The molecule has 0 saturated carbocycles. The quantitative estimate of drug-likeness (QED) is 0.231. The zero-order chi connectivity index (χ0) is 11.0. The van der Waals surface area contributed by atoms with E-state index in [4.69, 9.17) is 15.7 Å². The van der Waals surface area contributed by atoms with Gasteiger partial charge in [-0.25, -0.2) is 4.79 Å². The molecule has 0 aliphatic rings. The molecular formula is C9H14N2O3. The highest BCUT2D eigenvalue weighted by Crippen LogP contribution is 2.03. The number of carbonyl (C=O) groups is 1. The van der Waals surface area contributed by atoms with Crippen LogP contribution in [0.1, 0.15) is 19.8 Å². The molecule has 0 aromatic carbocycles. The average Bonchev–Trinajstić information content (AvgIpc) is 2.19. The lowest BCUT2D eigenvalue weighted by Crippen LogP contribution is -2.14. The van der Waals surface area contributed by atoms with Gasteiger partial charge >= 0.3 is 5.97 Å². The summed E-state index contributed by atoms with van der Waals surface area (Å²) in [6, 6.07) is 1.63. The molecule has 5 nitrogen and oxygen atoms in total. The maximum Gasteiger partial charge on any atom is 0.354 e. The Labute approximate surface area is 83.1 Å². The Hall–Kier alpha value is -1.70. The van der Waals surface area contributed by atoms with Gasteiger partial charge in [0, 0.05) is 0 Å². The largest absolute Gasteiger partial charge is 0.478 e. The minimum Gasteiger partial charge on any atom is -0.478 e. The molecule has 0 fully saturated rings. The number of hydrogen-bond acceptors (Lipinski definition) is 5. The van der Waals surface area contributed by atoms with E-state index in [2.05, 4.69) is 4.74 Å². The first-order valence-corrected chi connectivity index (χ1v) is 4.28. The fourth-order valence-electron chi connectivity index (χ4n) is 0.702. The second kappa shape index (κ2) is 6.78. The third-order valence-corrected chi connectivity index (χ3v) is 1.50. The van der Waals surface area contributed by atoms with E-state index in [-0.39, 0.29) is 11.5 Å². The van der Waals surface area contributed by atoms with Crippen LogP contribution >= 0.6 is 0 Å². The molecule has 0 rings (SSSR count). The Bertz CT molecular complexity index is 266. The van der Waals surface area contributed by atoms with Crippen LogP contribution in [0.2, 0.25) is 0 Å². The van der Waals surface area contributed by atoms with Gasteiger partial charge in [-0.3, -0.25) is 0 Å². The van der Waals surface area contributed by atoms with Crippen LogP contribution in [0.25, 0.3) is 0 Å². The highest BCUT2D eigenvalue weighted by molar-refractivity contribution is 5.93. The number of rotatable bonds is 5. The zero-order valence-corrected chi connectivity index (χ0v) is 8.37. The normalized spacial score (nSPS) is 11.2. The number of nitrogens with two attached hydrogens (primary N) is 1. The summed E-state index contributed by atoms with van der Waals surface area (Å²) in [5.74, 6) is -0.950. The van der Waals surface area contributed by atoms with Gasteiger partial charge in [-0.05, 0) is 6.42 Å². The van der Waals surface area contributed by atoms with Crippen LogP contribution in [0.15, 0.2) is 11.5 Å². The molecule has 0 heterocycles. The Morgan fingerprint density at radius 1 is 1.57 bits per heavy atom. The van der Waals surface area contributed by atoms with Crippen molar-refractivity contribution in [2.45, 2.75) is 19.8 Å². The van der Waals surface area contributed by atoms with Crippen LogP contribution in [-0.2, 0) is 14.3 Å². The monoisotopic (exact) mass is 198 g/mol. The standard InChI is InChI=1S/C9H14N2O3/c1-3-4-5-14-8(11)7(6-10)9(12)13-2/h3-5,11H2,1-2H3/b8-7+. The SMILES string of the molecule is CCCCO/C(N)=C(\C#N)C(=O)OC. The van der Waals surface area contributed by atoms with Crippen LogP contribution in [0.5, 0.6) is 0 Å². The summed E-state index contributed by atoms with van der Waals surface area (Å²) < 4.78 is 9.34. The Balaban J connectivity index is 4.37. The van der Waals surface area contributed by atoms with Crippen molar-refractivity contribution in [2.75, 3.05) is 13.7 Å². The van der Waals surface area contributed by atoms with Gasteiger partial charge in [0.05, 0.1) is 13.7 Å². The van der Waals surface area contributed by atoms with Crippen molar-refractivity contribution in [3.8, 4) is 6.07 Å². The second-order valence-electron chi connectivity index (χ2n) is 2.54. The van der Waals surface area contributed by atoms with E-state index in [1.807, 2.05) is 6.92 Å². The van der Waals surface area contributed by atoms with E-state index in [1.165, 1.54) is 7.11 Å². The third kappa shape index (κ3) is 3.81. The number of esters is 1. The molecule has 0 atom stereocenters. The lowest BCUT2D eigenvalue weighted by atomic mass is 10.3. The van der Waals surface area contributed by atoms with Gasteiger partial charge in [-0.15, -0.1) is 0 Å². The second-order valence-corrected chi connectivity index (χ2v) is 2.54. The number of carbonyl (C=O) groups excluding carboxylic acids is 1. The molecule has 0 saturated heterocycles. The number of nitriles is 1. The molecule has 0 amide bonds. The Morgan fingerprint density at radius 3 is 2.64 bits per heavy atom. The van der Waals surface area contributed by atoms with Crippen LogP contribution < -0.4 is 5.73 Å². The maximum absolute atomic E-state index is 11.0. The van der Waals surface area contributed by atoms with Gasteiger partial charge in [0.1, 0.15) is 6.07 Å². The van der Waals surface area contributed by atoms with E-state index in [0.29, 0.717) is 6.61 Å². The molecule has 0 aliphatic carbocycles. The molecule has 0 aliphatic heterocycles. The zero-order valence-electron chi connectivity index (χ0n) is 8.37. The third-order valence-electron chi connectivity index (χ3n) is 1.50. The molecule has 0 aromatic rings. The highest BCUT2D eigenvalue weighted by Gasteiger charge is 2.14. The molecule has 0 aromatic heterocycles. The molecule has 0 bridgehead atoms. The predicted molar refractivity (Wildman–Crippen MR) is 49.7 cm³/mol. The van der Waals surface area contributed by atoms with E-state index in [9.17, 15) is 4.79 Å². The number of methoxy groups -OCH3 is 1. The van der Waals surface area contributed by atoms with Crippen LogP contribution in [0, 0.1) is 11.3 Å². The minimum absolute atomic E-state index is 0.173. The van der Waals surface area contributed by atoms with Crippen LogP contribution in [0.4, 0.5) is 0 Å². The first-order chi connectivity index (χ1) is 6.67. The molecule has 0 radical (unpaired) electrons. The van der Waals surface area contributed by atoms with E-state index >= 15 is 0 Å². The van der Waals surface area contributed by atoms with Crippen molar-refractivity contribution in [3.05, 3.63) is 11.5 Å². The number of ether oxygens (including phenoxy) is 2. The van der Waals surface area contributed by atoms with Gasteiger partial charge < -0.3 is 15.2 Å². The number of nitrogens with zero attached hydrogens (tertiary/aromatic N) is 1. The molecule has 0 spiro atoms. The van der Waals surface area contributed by atoms with Crippen LogP contribution in [-0.4, -0.2) is 19.7 Å². The summed E-state index contributed by atoms with van der Waals surface area (Å²) in [7, 11) is 1.18. The van der Waals surface area contributed by atoms with Crippen molar-refractivity contribution in [2.24, 2.45) is 5.73 Å². The van der Waals surface area contributed by atoms with Gasteiger partial charge in [-0.2, -0.15) is 5.26 Å². The summed E-state index contributed by atoms with van der Waals surface area (Å²) in [6.45, 7) is 2.39. The predicted octanol–water partition coefficient (Wildman–Crippen LogP) is 0.670. The molecular weight excluding hydrogens is 184 g/mol. The summed E-state index contributed by atoms with van der Waals surface area (Å²) in [5.41, 5.74) is 5.09. The smallest absolute Gasteiger partial charge is 0.354 e. The maximum atomic E-state index is 11.0. The highest BCUT2D eigenvalue weighted by atomic mass is 16.5. The van der Waals surface area contributed by atoms with Gasteiger partial charge in [0.2, 0.25) is 5.88 Å². The van der Waals surface area contributed by atoms with Crippen molar-refractivity contribution in [3.63, 3.8) is 0 Å². The van der Waals surface area contributed by atoms with Crippen molar-refractivity contribution in [1.29, 1.82) is 5.26 Å². The minimum atomic E-state index is -0.776. The van der Waals surface area contributed by atoms with Crippen LogP contribution in [0.3, 0.4) is 0 Å². The van der Waals surface area contributed by atoms with Crippen molar-refractivity contribution < 1.29 is 14.3 Å². The lowest BCUT2D eigenvalue weighted by molar-refractivity contribution is -0.135. The van der Waals surface area contributed by atoms with Gasteiger partial charge in [0.25, 0.3) is 0 Å². The molecule has 14 heavy (non-hydrogen) atoms. The van der Waals surface area contributed by atoms with E-state index < -0.39 is 5.97 Å². The number of unbranched alkanes of at least 4 members (excludes halogenated alkanes) is 1. The fourth-order valence-corrected chi connectivity index (χ4v) is 0.702. The van der Waals surface area contributed by atoms with Gasteiger partial charge in [0.15, 0.2) is 5.57 Å². The Kier molecular flexibility index (Phi) is 5.95. The van der Waals surface area contributed by atoms with Crippen molar-refractivity contribution >= 4 is 5.97 Å². The first-order valence-electron chi connectivity index (χ1n) is 4.28. The molecule has 78 valence electrons. The van der Waals surface area contributed by atoms with Crippen molar-refractivity contribution in [1.82, 2.24) is 0 Å². The Morgan fingerprint density at radius 2 is 2.21 bits per heavy atom. The fraction of sp³-hybridized carbons (Fsp3) is 0.556.